The van der Waals surface area contributed by atoms with Gasteiger partial charge in [0.2, 0.25) is 5.95 Å². The van der Waals surface area contributed by atoms with Gasteiger partial charge in [0.15, 0.2) is 0 Å². The van der Waals surface area contributed by atoms with Crippen LogP contribution in [0, 0.1) is 0 Å². The van der Waals surface area contributed by atoms with Crippen LogP contribution >= 0.6 is 0 Å². The number of anilines is 2. The number of hydrogen-bond donors (Lipinski definition) is 2. The summed E-state index contributed by atoms with van der Waals surface area (Å²) in [6.45, 7) is 2.93. The van der Waals surface area contributed by atoms with Gasteiger partial charge in [0.25, 0.3) is 5.91 Å². The molecule has 1 amide bonds. The van der Waals surface area contributed by atoms with E-state index in [1.54, 1.807) is 44.7 Å². The van der Waals surface area contributed by atoms with Crippen molar-refractivity contribution in [3.63, 3.8) is 0 Å². The van der Waals surface area contributed by atoms with Crippen LogP contribution in [0.2, 0.25) is 0 Å². The quantitative estimate of drug-likeness (QED) is 0.679. The van der Waals surface area contributed by atoms with Gasteiger partial charge in [-0.05, 0) is 24.6 Å². The average molecular weight is 344 g/mol. The van der Waals surface area contributed by atoms with Gasteiger partial charge in [0, 0.05) is 18.8 Å². The lowest BCUT2D eigenvalue weighted by molar-refractivity contribution is 0.102. The molecule has 1 aromatic heterocycles. The van der Waals surface area contributed by atoms with Gasteiger partial charge in [-0.1, -0.05) is 19.8 Å². The summed E-state index contributed by atoms with van der Waals surface area (Å²) in [7, 11) is 3.11. The lowest BCUT2D eigenvalue weighted by Crippen LogP contribution is -2.16. The van der Waals surface area contributed by atoms with Crippen LogP contribution in [-0.4, -0.2) is 36.6 Å². The third-order valence-corrected chi connectivity index (χ3v) is 3.61. The molecule has 1 heterocycles. The highest BCUT2D eigenvalue weighted by atomic mass is 16.5. The van der Waals surface area contributed by atoms with E-state index in [0.29, 0.717) is 23.1 Å². The first-order chi connectivity index (χ1) is 12.2. The molecule has 0 saturated carbocycles. The first-order valence-corrected chi connectivity index (χ1v) is 8.28. The van der Waals surface area contributed by atoms with E-state index < -0.39 is 0 Å². The summed E-state index contributed by atoms with van der Waals surface area (Å²) in [5.41, 5.74) is 0.792. The second kappa shape index (κ2) is 9.46. The molecule has 0 atom stereocenters. The number of carbonyl (C=O) groups is 1. The second-order valence-corrected chi connectivity index (χ2v) is 5.42. The number of carbonyl (C=O) groups excluding carboxylic acids is 1. The first-order valence-electron chi connectivity index (χ1n) is 8.28. The van der Waals surface area contributed by atoms with Crippen LogP contribution in [-0.2, 0) is 0 Å². The van der Waals surface area contributed by atoms with Crippen molar-refractivity contribution in [2.75, 3.05) is 31.4 Å². The van der Waals surface area contributed by atoms with Gasteiger partial charge in [-0.25, -0.2) is 9.97 Å². The fourth-order valence-electron chi connectivity index (χ4n) is 2.24. The molecule has 7 heteroatoms. The van der Waals surface area contributed by atoms with Gasteiger partial charge in [-0.2, -0.15) is 0 Å². The number of nitrogens with zero attached hydrogens (tertiary/aromatic N) is 2. The third kappa shape index (κ3) is 5.34. The number of unbranched alkanes of at least 4 members (excludes halogenated alkanes) is 2. The maximum Gasteiger partial charge on any atom is 0.274 e. The van der Waals surface area contributed by atoms with Gasteiger partial charge >= 0.3 is 0 Å². The van der Waals surface area contributed by atoms with E-state index in [0.717, 1.165) is 25.8 Å². The molecular formula is C18H24N4O3. The Kier molecular flexibility index (Phi) is 7.00. The molecule has 2 aromatic rings. The number of amides is 1. The molecule has 0 saturated heterocycles. The highest BCUT2D eigenvalue weighted by Gasteiger charge is 2.13. The number of ether oxygens (including phenoxy) is 2. The molecule has 0 fully saturated rings. The largest absolute Gasteiger partial charge is 0.497 e. The zero-order valence-electron chi connectivity index (χ0n) is 14.8. The molecule has 0 radical (unpaired) electrons. The van der Waals surface area contributed by atoms with E-state index in [4.69, 9.17) is 9.47 Å². The van der Waals surface area contributed by atoms with Crippen LogP contribution in [0.3, 0.4) is 0 Å². The Hall–Kier alpha value is -2.83. The van der Waals surface area contributed by atoms with E-state index in [9.17, 15) is 4.79 Å². The van der Waals surface area contributed by atoms with Crippen LogP contribution in [0.25, 0.3) is 0 Å². The molecule has 0 unspecified atom stereocenters. The second-order valence-electron chi connectivity index (χ2n) is 5.42. The Bertz CT molecular complexity index is 706. The first kappa shape index (κ1) is 18.5. The van der Waals surface area contributed by atoms with Crippen molar-refractivity contribution in [3.05, 3.63) is 36.2 Å². The molecule has 0 bridgehead atoms. The molecule has 2 rings (SSSR count). The molecule has 7 nitrogen and oxygen atoms in total. The zero-order chi connectivity index (χ0) is 18.1. The maximum atomic E-state index is 12.5. The van der Waals surface area contributed by atoms with Gasteiger partial charge in [-0.3, -0.25) is 4.79 Å². The van der Waals surface area contributed by atoms with Gasteiger partial charge in [0.05, 0.1) is 19.9 Å². The van der Waals surface area contributed by atoms with Crippen LogP contribution in [0.15, 0.2) is 30.5 Å². The summed E-state index contributed by atoms with van der Waals surface area (Å²) >= 11 is 0. The predicted octanol–water partition coefficient (Wildman–Crippen LogP) is 3.35. The third-order valence-electron chi connectivity index (χ3n) is 3.61. The topological polar surface area (TPSA) is 85.4 Å². The van der Waals surface area contributed by atoms with Crippen molar-refractivity contribution in [2.24, 2.45) is 0 Å². The van der Waals surface area contributed by atoms with Crippen LogP contribution in [0.1, 0.15) is 36.7 Å². The number of benzene rings is 1. The summed E-state index contributed by atoms with van der Waals surface area (Å²) in [6, 6.07) is 6.76. The Balaban J connectivity index is 2.08. The zero-order valence-corrected chi connectivity index (χ0v) is 14.8. The van der Waals surface area contributed by atoms with Crippen LogP contribution in [0.5, 0.6) is 11.5 Å². The fourth-order valence-corrected chi connectivity index (χ4v) is 2.24. The van der Waals surface area contributed by atoms with E-state index in [2.05, 4.69) is 27.5 Å². The Morgan fingerprint density at radius 2 is 2.00 bits per heavy atom. The van der Waals surface area contributed by atoms with Gasteiger partial charge in [0.1, 0.15) is 17.2 Å². The lowest BCUT2D eigenvalue weighted by atomic mass is 10.2. The normalized spacial score (nSPS) is 10.2. The van der Waals surface area contributed by atoms with Crippen molar-refractivity contribution in [3.8, 4) is 11.5 Å². The average Bonchev–Trinajstić information content (AvgIpc) is 2.65. The monoisotopic (exact) mass is 344 g/mol. The molecule has 0 aliphatic carbocycles. The number of aromatic nitrogens is 2. The Morgan fingerprint density at radius 3 is 2.72 bits per heavy atom. The molecule has 25 heavy (non-hydrogen) atoms. The summed E-state index contributed by atoms with van der Waals surface area (Å²) < 4.78 is 10.4. The fraction of sp³-hybridized carbons (Fsp3) is 0.389. The number of nitrogens with one attached hydrogen (secondary N) is 2. The smallest absolute Gasteiger partial charge is 0.274 e. The van der Waals surface area contributed by atoms with E-state index in [1.165, 1.54) is 0 Å². The minimum atomic E-state index is -0.342. The summed E-state index contributed by atoms with van der Waals surface area (Å²) in [6.07, 6.45) is 4.89. The SMILES string of the molecule is CCCCCNc1nccc(C(=O)Nc2cc(OC)ccc2OC)n1. The van der Waals surface area contributed by atoms with Crippen LogP contribution < -0.4 is 20.1 Å². The maximum absolute atomic E-state index is 12.5. The molecule has 0 spiro atoms. The van der Waals surface area contributed by atoms with E-state index in [1.807, 2.05) is 0 Å². The van der Waals surface area contributed by atoms with Crippen molar-refractivity contribution >= 4 is 17.5 Å². The number of hydrogen-bond acceptors (Lipinski definition) is 6. The lowest BCUT2D eigenvalue weighted by Gasteiger charge is -2.12. The number of rotatable bonds is 9. The summed E-state index contributed by atoms with van der Waals surface area (Å²) in [5, 5.41) is 5.93. The van der Waals surface area contributed by atoms with E-state index >= 15 is 0 Å². The van der Waals surface area contributed by atoms with Crippen LogP contribution in [0.4, 0.5) is 11.6 Å². The van der Waals surface area contributed by atoms with E-state index in [-0.39, 0.29) is 11.6 Å². The summed E-state index contributed by atoms with van der Waals surface area (Å²) in [4.78, 5) is 20.9. The van der Waals surface area contributed by atoms with Gasteiger partial charge in [-0.15, -0.1) is 0 Å². The highest BCUT2D eigenvalue weighted by molar-refractivity contribution is 6.03. The molecule has 0 aliphatic rings. The Morgan fingerprint density at radius 1 is 1.16 bits per heavy atom. The van der Waals surface area contributed by atoms with Crippen molar-refractivity contribution in [2.45, 2.75) is 26.2 Å². The van der Waals surface area contributed by atoms with Crippen molar-refractivity contribution in [1.82, 2.24) is 9.97 Å². The molecular weight excluding hydrogens is 320 g/mol. The standard InChI is InChI=1S/C18H24N4O3/c1-4-5-6-10-19-18-20-11-9-14(22-18)17(23)21-15-12-13(24-2)7-8-16(15)25-3/h7-9,11-12H,4-6,10H2,1-3H3,(H,21,23)(H,19,20,22). The Labute approximate surface area is 147 Å². The van der Waals surface area contributed by atoms with Crippen molar-refractivity contribution in [1.29, 1.82) is 0 Å². The summed E-state index contributed by atoms with van der Waals surface area (Å²) in [5.74, 6) is 1.27. The molecule has 2 N–H and O–H groups in total. The molecule has 1 aromatic carbocycles. The molecule has 0 aliphatic heterocycles. The van der Waals surface area contributed by atoms with Gasteiger partial charge < -0.3 is 20.1 Å². The minimum absolute atomic E-state index is 0.276. The minimum Gasteiger partial charge on any atom is -0.497 e. The highest BCUT2D eigenvalue weighted by Crippen LogP contribution is 2.29. The molecule has 134 valence electrons. The van der Waals surface area contributed by atoms with Crippen molar-refractivity contribution < 1.29 is 14.3 Å². The number of methoxy groups -OCH3 is 2. The predicted molar refractivity (Wildman–Crippen MR) is 97.5 cm³/mol.